The zero-order valence-corrected chi connectivity index (χ0v) is 14.6. The number of para-hydroxylation sites is 2. The molecule has 0 radical (unpaired) electrons. The summed E-state index contributed by atoms with van der Waals surface area (Å²) in [5, 5.41) is 2.00. The Bertz CT molecular complexity index is 833. The Labute approximate surface area is 145 Å². The van der Waals surface area contributed by atoms with Crippen molar-refractivity contribution >= 4 is 28.3 Å². The van der Waals surface area contributed by atoms with E-state index in [-0.39, 0.29) is 5.91 Å². The first kappa shape index (κ1) is 15.4. The molecule has 0 spiro atoms. The van der Waals surface area contributed by atoms with Crippen molar-refractivity contribution in [3.63, 3.8) is 0 Å². The summed E-state index contributed by atoms with van der Waals surface area (Å²) in [5.41, 5.74) is 3.19. The lowest BCUT2D eigenvalue weighted by molar-refractivity contribution is 0.0676. The van der Waals surface area contributed by atoms with Gasteiger partial charge in [0.25, 0.3) is 5.91 Å². The van der Waals surface area contributed by atoms with Crippen LogP contribution in [0.3, 0.4) is 0 Å². The summed E-state index contributed by atoms with van der Waals surface area (Å²) < 4.78 is 0. The van der Waals surface area contributed by atoms with Gasteiger partial charge in [-0.15, -0.1) is 11.3 Å². The molecule has 24 heavy (non-hydrogen) atoms. The van der Waals surface area contributed by atoms with Crippen molar-refractivity contribution in [2.75, 3.05) is 13.1 Å². The molecule has 4 rings (SSSR count). The van der Waals surface area contributed by atoms with E-state index in [2.05, 4.69) is 16.0 Å². The molecule has 124 valence electrons. The number of piperidine rings is 1. The van der Waals surface area contributed by atoms with E-state index in [4.69, 9.17) is 0 Å². The molecule has 3 aromatic rings. The van der Waals surface area contributed by atoms with E-state index < -0.39 is 0 Å². The molecule has 1 aromatic carbocycles. The van der Waals surface area contributed by atoms with Crippen molar-refractivity contribution in [1.82, 2.24) is 14.9 Å². The van der Waals surface area contributed by atoms with E-state index in [0.717, 1.165) is 59.7 Å². The van der Waals surface area contributed by atoms with Gasteiger partial charge in [0.05, 0.1) is 15.9 Å². The smallest absolute Gasteiger partial charge is 0.264 e. The molecule has 3 heterocycles. The molecule has 1 fully saturated rings. The van der Waals surface area contributed by atoms with Crippen molar-refractivity contribution < 1.29 is 4.79 Å². The standard InChI is InChI=1S/C19H21N3OS/c1-13-8-10-24-18(13)19(23)22-9-4-5-14(12-22)11-17-20-15-6-2-3-7-16(15)21-17/h2-3,6-8,10,14H,4-5,9,11-12H2,1H3,(H,20,21). The van der Waals surface area contributed by atoms with Gasteiger partial charge in [-0.05, 0) is 54.8 Å². The number of thiophene rings is 1. The lowest BCUT2D eigenvalue weighted by Gasteiger charge is -2.32. The first-order valence-corrected chi connectivity index (χ1v) is 9.35. The highest BCUT2D eigenvalue weighted by molar-refractivity contribution is 7.12. The molecule has 0 saturated carbocycles. The van der Waals surface area contributed by atoms with Crippen LogP contribution in [0.2, 0.25) is 0 Å². The van der Waals surface area contributed by atoms with Gasteiger partial charge in [-0.1, -0.05) is 12.1 Å². The number of nitrogens with one attached hydrogen (secondary N) is 1. The maximum atomic E-state index is 12.7. The Morgan fingerprint density at radius 3 is 3.04 bits per heavy atom. The number of H-pyrrole nitrogens is 1. The highest BCUT2D eigenvalue weighted by Gasteiger charge is 2.26. The summed E-state index contributed by atoms with van der Waals surface area (Å²) in [7, 11) is 0. The molecule has 4 nitrogen and oxygen atoms in total. The minimum atomic E-state index is 0.191. The van der Waals surface area contributed by atoms with E-state index in [1.54, 1.807) is 11.3 Å². The van der Waals surface area contributed by atoms with E-state index >= 15 is 0 Å². The number of nitrogens with zero attached hydrogens (tertiary/aromatic N) is 2. The maximum Gasteiger partial charge on any atom is 0.264 e. The fraction of sp³-hybridized carbons (Fsp3) is 0.368. The van der Waals surface area contributed by atoms with Crippen LogP contribution in [0.15, 0.2) is 35.7 Å². The Morgan fingerprint density at radius 1 is 1.38 bits per heavy atom. The molecule has 1 aliphatic heterocycles. The monoisotopic (exact) mass is 339 g/mol. The van der Waals surface area contributed by atoms with Crippen molar-refractivity contribution in [2.45, 2.75) is 26.2 Å². The van der Waals surface area contributed by atoms with E-state index in [9.17, 15) is 4.79 Å². The Balaban J connectivity index is 1.46. The summed E-state index contributed by atoms with van der Waals surface area (Å²) in [4.78, 5) is 23.7. The van der Waals surface area contributed by atoms with Crippen LogP contribution in [-0.2, 0) is 6.42 Å². The zero-order valence-electron chi connectivity index (χ0n) is 13.8. The van der Waals surface area contributed by atoms with Gasteiger partial charge in [-0.3, -0.25) is 4.79 Å². The molecule has 0 aliphatic carbocycles. The minimum Gasteiger partial charge on any atom is -0.342 e. The van der Waals surface area contributed by atoms with Crippen molar-refractivity contribution in [3.8, 4) is 0 Å². The third kappa shape index (κ3) is 2.96. The number of benzene rings is 1. The van der Waals surface area contributed by atoms with E-state index in [1.165, 1.54) is 0 Å². The summed E-state index contributed by atoms with van der Waals surface area (Å²) in [6, 6.07) is 10.1. The fourth-order valence-electron chi connectivity index (χ4n) is 3.53. The molecule has 1 atom stereocenters. The SMILES string of the molecule is Cc1ccsc1C(=O)N1CCCC(Cc2nc3ccccc3[nH]2)C1. The number of likely N-dealkylation sites (tertiary alicyclic amines) is 1. The molecular formula is C19H21N3OS. The van der Waals surface area contributed by atoms with Crippen LogP contribution in [-0.4, -0.2) is 33.9 Å². The van der Waals surface area contributed by atoms with Gasteiger partial charge in [0.15, 0.2) is 0 Å². The number of hydrogen-bond donors (Lipinski definition) is 1. The van der Waals surface area contributed by atoms with Crippen LogP contribution in [0.4, 0.5) is 0 Å². The van der Waals surface area contributed by atoms with Crippen LogP contribution in [0, 0.1) is 12.8 Å². The number of aromatic nitrogens is 2. The van der Waals surface area contributed by atoms with E-state index in [1.807, 2.05) is 41.5 Å². The molecule has 2 aromatic heterocycles. The number of hydrogen-bond acceptors (Lipinski definition) is 3. The number of aryl methyl sites for hydroxylation is 1. The Hall–Kier alpha value is -2.14. The average Bonchev–Trinajstić information content (AvgIpc) is 3.19. The number of aromatic amines is 1. The Morgan fingerprint density at radius 2 is 2.25 bits per heavy atom. The van der Waals surface area contributed by atoms with Crippen molar-refractivity contribution in [3.05, 3.63) is 52.0 Å². The average molecular weight is 339 g/mol. The second kappa shape index (κ2) is 6.40. The van der Waals surface area contributed by atoms with Crippen molar-refractivity contribution in [1.29, 1.82) is 0 Å². The van der Waals surface area contributed by atoms with Gasteiger partial charge in [0.2, 0.25) is 0 Å². The second-order valence-corrected chi connectivity index (χ2v) is 7.51. The van der Waals surface area contributed by atoms with Crippen LogP contribution >= 0.6 is 11.3 Å². The first-order valence-electron chi connectivity index (χ1n) is 8.47. The summed E-state index contributed by atoms with van der Waals surface area (Å²) in [5.74, 6) is 1.70. The Kier molecular flexibility index (Phi) is 4.10. The van der Waals surface area contributed by atoms with Crippen LogP contribution < -0.4 is 0 Å². The molecule has 1 saturated heterocycles. The van der Waals surface area contributed by atoms with Crippen LogP contribution in [0.25, 0.3) is 11.0 Å². The van der Waals surface area contributed by atoms with Gasteiger partial charge >= 0.3 is 0 Å². The molecule has 0 bridgehead atoms. The molecule has 1 N–H and O–H groups in total. The third-order valence-electron chi connectivity index (χ3n) is 4.78. The quantitative estimate of drug-likeness (QED) is 0.783. The lowest BCUT2D eigenvalue weighted by atomic mass is 9.94. The normalized spacial score (nSPS) is 18.2. The highest BCUT2D eigenvalue weighted by Crippen LogP contribution is 2.25. The number of amides is 1. The predicted molar refractivity (Wildman–Crippen MR) is 97.5 cm³/mol. The van der Waals surface area contributed by atoms with Crippen molar-refractivity contribution in [2.24, 2.45) is 5.92 Å². The van der Waals surface area contributed by atoms with Gasteiger partial charge in [0.1, 0.15) is 5.82 Å². The molecule has 1 aliphatic rings. The minimum absolute atomic E-state index is 0.191. The lowest BCUT2D eigenvalue weighted by Crippen LogP contribution is -2.40. The maximum absolute atomic E-state index is 12.7. The second-order valence-electron chi connectivity index (χ2n) is 6.60. The third-order valence-corrected chi connectivity index (χ3v) is 5.79. The van der Waals surface area contributed by atoms with Gasteiger partial charge in [0, 0.05) is 19.5 Å². The largest absolute Gasteiger partial charge is 0.342 e. The predicted octanol–water partition coefficient (Wildman–Crippen LogP) is 4.03. The van der Waals surface area contributed by atoms with Crippen LogP contribution in [0.1, 0.15) is 33.9 Å². The molecule has 1 unspecified atom stereocenters. The summed E-state index contributed by atoms with van der Waals surface area (Å²) >= 11 is 1.55. The number of fused-ring (bicyclic) bond motifs is 1. The number of carbonyl (C=O) groups excluding carboxylic acids is 1. The molecule has 1 amide bonds. The zero-order chi connectivity index (χ0) is 16.5. The van der Waals surface area contributed by atoms with Gasteiger partial charge in [-0.2, -0.15) is 0 Å². The topological polar surface area (TPSA) is 49.0 Å². The van der Waals surface area contributed by atoms with Gasteiger partial charge in [-0.25, -0.2) is 4.98 Å². The first-order chi connectivity index (χ1) is 11.7. The highest BCUT2D eigenvalue weighted by atomic mass is 32.1. The summed E-state index contributed by atoms with van der Waals surface area (Å²) in [6.45, 7) is 3.71. The van der Waals surface area contributed by atoms with Gasteiger partial charge < -0.3 is 9.88 Å². The molecular weight excluding hydrogens is 318 g/mol. The summed E-state index contributed by atoms with van der Waals surface area (Å²) in [6.07, 6.45) is 3.13. The fourth-order valence-corrected chi connectivity index (χ4v) is 4.42. The number of carbonyl (C=O) groups is 1. The van der Waals surface area contributed by atoms with E-state index in [0.29, 0.717) is 5.92 Å². The number of imidazole rings is 1. The van der Waals surface area contributed by atoms with Crippen LogP contribution in [0.5, 0.6) is 0 Å². The number of rotatable bonds is 3. The molecule has 5 heteroatoms.